The third kappa shape index (κ3) is 6.28. The Hall–Kier alpha value is -2.76. The van der Waals surface area contributed by atoms with Gasteiger partial charge in [0.2, 0.25) is 5.91 Å². The van der Waals surface area contributed by atoms with Crippen molar-refractivity contribution in [1.29, 1.82) is 0 Å². The number of methoxy groups -OCH3 is 2. The summed E-state index contributed by atoms with van der Waals surface area (Å²) in [6, 6.07) is 3.94. The number of rotatable bonds is 3. The molecule has 35 heavy (non-hydrogen) atoms. The summed E-state index contributed by atoms with van der Waals surface area (Å²) >= 11 is 0. The van der Waals surface area contributed by atoms with Crippen molar-refractivity contribution in [2.24, 2.45) is 5.92 Å². The number of carbonyl (C=O) groups excluding carboxylic acids is 2. The Bertz CT molecular complexity index is 926. The van der Waals surface area contributed by atoms with E-state index < -0.39 is 22.9 Å². The van der Waals surface area contributed by atoms with Gasteiger partial charge < -0.3 is 28.7 Å². The van der Waals surface area contributed by atoms with Crippen LogP contribution in [0.5, 0.6) is 5.75 Å². The van der Waals surface area contributed by atoms with E-state index in [4.69, 9.17) is 18.9 Å². The largest absolute Gasteiger partial charge is 0.490 e. The molecule has 2 bridgehead atoms. The van der Waals surface area contributed by atoms with Crippen molar-refractivity contribution in [1.82, 2.24) is 9.80 Å². The molecule has 5 atom stereocenters. The van der Waals surface area contributed by atoms with Crippen molar-refractivity contribution in [2.75, 3.05) is 48.0 Å². The standard InChI is InChI=1S/C24H35N3O8/c1-15-21(33-5)13-26(3)24(29)18-12-16(27(30)31)6-8-19(18)34-14-22-20(32-4)9-7-17(35-22)10-11-25(2)23(15)28/h6,8,12,15,17,20-22H,7,9-11,13-14H2,1-5H3/t15-,17-,20+,21-,22-/m0/s1. The molecule has 2 aliphatic rings. The van der Waals surface area contributed by atoms with Crippen LogP contribution in [0.3, 0.4) is 0 Å². The number of hydrogen-bond donors (Lipinski definition) is 0. The molecule has 11 nitrogen and oxygen atoms in total. The monoisotopic (exact) mass is 493 g/mol. The zero-order valence-corrected chi connectivity index (χ0v) is 21.0. The summed E-state index contributed by atoms with van der Waals surface area (Å²) in [4.78, 5) is 40.3. The summed E-state index contributed by atoms with van der Waals surface area (Å²) in [5, 5.41) is 11.4. The second kappa shape index (κ2) is 11.8. The van der Waals surface area contributed by atoms with Crippen LogP contribution >= 0.6 is 0 Å². The summed E-state index contributed by atoms with van der Waals surface area (Å²) in [5.74, 6) is -0.854. The fraction of sp³-hybridized carbons (Fsp3) is 0.667. The van der Waals surface area contributed by atoms with Gasteiger partial charge in [0, 0.05) is 53.5 Å². The smallest absolute Gasteiger partial charge is 0.270 e. The third-order valence-electron chi connectivity index (χ3n) is 6.88. The Morgan fingerprint density at radius 3 is 2.43 bits per heavy atom. The molecule has 2 heterocycles. The maximum atomic E-state index is 13.4. The van der Waals surface area contributed by atoms with Gasteiger partial charge in [-0.3, -0.25) is 19.7 Å². The summed E-state index contributed by atoms with van der Waals surface area (Å²) in [7, 11) is 6.43. The minimum absolute atomic E-state index is 0.0565. The minimum Gasteiger partial charge on any atom is -0.490 e. The van der Waals surface area contributed by atoms with Gasteiger partial charge in [-0.2, -0.15) is 0 Å². The summed E-state index contributed by atoms with van der Waals surface area (Å²) in [6.07, 6.45) is 1.01. The highest BCUT2D eigenvalue weighted by molar-refractivity contribution is 5.97. The molecule has 1 aromatic carbocycles. The van der Waals surface area contributed by atoms with Gasteiger partial charge in [0.1, 0.15) is 18.5 Å². The highest BCUT2D eigenvalue weighted by atomic mass is 16.6. The third-order valence-corrected chi connectivity index (χ3v) is 6.88. The summed E-state index contributed by atoms with van der Waals surface area (Å²) in [6.45, 7) is 2.53. The Balaban J connectivity index is 1.98. The molecule has 0 spiro atoms. The number of fused-ring (bicyclic) bond motifs is 3. The van der Waals surface area contributed by atoms with E-state index in [-0.39, 0.29) is 54.4 Å². The molecular formula is C24H35N3O8. The number of hydrogen-bond acceptors (Lipinski definition) is 8. The molecule has 1 fully saturated rings. The highest BCUT2D eigenvalue weighted by Crippen LogP contribution is 2.29. The topological polar surface area (TPSA) is 121 Å². The second-order valence-electron chi connectivity index (χ2n) is 9.19. The van der Waals surface area contributed by atoms with Crippen LogP contribution in [0.1, 0.15) is 36.5 Å². The SMILES string of the molecule is CO[C@H]1CN(C)C(=O)c2cc([N+](=O)[O-])ccc2OC[C@@H]2O[C@@H](CC[C@H]2OC)CCN(C)C(=O)[C@H]1C. The lowest BCUT2D eigenvalue weighted by atomic mass is 9.98. The number of benzene rings is 1. The zero-order chi connectivity index (χ0) is 25.7. The summed E-state index contributed by atoms with van der Waals surface area (Å²) < 4.78 is 23.4. The first-order valence-electron chi connectivity index (χ1n) is 11.8. The first-order chi connectivity index (χ1) is 16.7. The number of amides is 2. The van der Waals surface area contributed by atoms with E-state index in [1.54, 1.807) is 33.0 Å². The molecule has 2 amide bonds. The van der Waals surface area contributed by atoms with Crippen molar-refractivity contribution >= 4 is 17.5 Å². The lowest BCUT2D eigenvalue weighted by Gasteiger charge is -2.37. The highest BCUT2D eigenvalue weighted by Gasteiger charge is 2.34. The number of nitro benzene ring substituents is 1. The fourth-order valence-corrected chi connectivity index (χ4v) is 4.61. The predicted octanol–water partition coefficient (Wildman–Crippen LogP) is 2.12. The van der Waals surface area contributed by atoms with Gasteiger partial charge in [0.25, 0.3) is 11.6 Å². The van der Waals surface area contributed by atoms with E-state index in [0.29, 0.717) is 13.0 Å². The van der Waals surface area contributed by atoms with E-state index in [1.165, 1.54) is 30.2 Å². The predicted molar refractivity (Wildman–Crippen MR) is 126 cm³/mol. The molecule has 0 unspecified atom stereocenters. The Morgan fingerprint density at radius 2 is 1.77 bits per heavy atom. The Kier molecular flexibility index (Phi) is 9.03. The van der Waals surface area contributed by atoms with Gasteiger partial charge in [-0.1, -0.05) is 6.92 Å². The van der Waals surface area contributed by atoms with E-state index in [0.717, 1.165) is 12.8 Å². The lowest BCUT2D eigenvalue weighted by molar-refractivity contribution is -0.384. The molecular weight excluding hydrogens is 458 g/mol. The van der Waals surface area contributed by atoms with Gasteiger partial charge in [0.15, 0.2) is 0 Å². The molecule has 0 radical (unpaired) electrons. The van der Waals surface area contributed by atoms with Gasteiger partial charge in [0.05, 0.1) is 34.7 Å². The maximum absolute atomic E-state index is 13.4. The quantitative estimate of drug-likeness (QED) is 0.464. The number of likely N-dealkylation sites (N-methyl/N-ethyl adjacent to an activating group) is 1. The molecule has 3 rings (SSSR count). The Morgan fingerprint density at radius 1 is 1.06 bits per heavy atom. The van der Waals surface area contributed by atoms with Gasteiger partial charge in [-0.15, -0.1) is 0 Å². The van der Waals surface area contributed by atoms with Crippen molar-refractivity contribution in [3.63, 3.8) is 0 Å². The van der Waals surface area contributed by atoms with Crippen molar-refractivity contribution in [3.05, 3.63) is 33.9 Å². The molecule has 0 aromatic heterocycles. The summed E-state index contributed by atoms with van der Waals surface area (Å²) in [5.41, 5.74) is -0.165. The van der Waals surface area contributed by atoms with Crippen LogP contribution in [0.25, 0.3) is 0 Å². The average molecular weight is 494 g/mol. The first-order valence-corrected chi connectivity index (χ1v) is 11.8. The van der Waals surface area contributed by atoms with Gasteiger partial charge in [-0.05, 0) is 25.3 Å². The first kappa shape index (κ1) is 26.8. The number of nitro groups is 1. The van der Waals surface area contributed by atoms with Crippen LogP contribution in [-0.2, 0) is 19.0 Å². The van der Waals surface area contributed by atoms with E-state index >= 15 is 0 Å². The molecule has 194 valence electrons. The van der Waals surface area contributed by atoms with Crippen LogP contribution in [0.2, 0.25) is 0 Å². The fourth-order valence-electron chi connectivity index (χ4n) is 4.61. The van der Waals surface area contributed by atoms with Gasteiger partial charge in [-0.25, -0.2) is 0 Å². The minimum atomic E-state index is -0.562. The average Bonchev–Trinajstić information content (AvgIpc) is 2.86. The van der Waals surface area contributed by atoms with Crippen molar-refractivity contribution < 1.29 is 33.5 Å². The second-order valence-corrected chi connectivity index (χ2v) is 9.19. The van der Waals surface area contributed by atoms with Crippen LogP contribution in [0, 0.1) is 16.0 Å². The van der Waals surface area contributed by atoms with E-state index in [9.17, 15) is 19.7 Å². The number of ether oxygens (including phenoxy) is 4. The molecule has 1 aromatic rings. The van der Waals surface area contributed by atoms with Crippen molar-refractivity contribution in [2.45, 2.75) is 50.6 Å². The molecule has 0 aliphatic carbocycles. The number of carbonyl (C=O) groups is 2. The van der Waals surface area contributed by atoms with Crippen LogP contribution in [0.15, 0.2) is 18.2 Å². The van der Waals surface area contributed by atoms with Gasteiger partial charge >= 0.3 is 0 Å². The maximum Gasteiger partial charge on any atom is 0.270 e. The Labute approximate surface area is 205 Å². The van der Waals surface area contributed by atoms with E-state index in [2.05, 4.69) is 0 Å². The molecule has 1 saturated heterocycles. The normalized spacial score (nSPS) is 28.9. The van der Waals surface area contributed by atoms with E-state index in [1.807, 2.05) is 0 Å². The van der Waals surface area contributed by atoms with Crippen LogP contribution in [-0.4, -0.2) is 99.0 Å². The molecule has 2 aliphatic heterocycles. The molecule has 0 N–H and O–H groups in total. The van der Waals surface area contributed by atoms with Crippen LogP contribution < -0.4 is 4.74 Å². The van der Waals surface area contributed by atoms with Crippen molar-refractivity contribution in [3.8, 4) is 5.75 Å². The zero-order valence-electron chi connectivity index (χ0n) is 21.0. The number of nitrogens with zero attached hydrogens (tertiary/aromatic N) is 3. The molecule has 11 heteroatoms. The lowest BCUT2D eigenvalue weighted by Crippen LogP contribution is -2.47. The molecule has 0 saturated carbocycles. The van der Waals surface area contributed by atoms with Crippen LogP contribution in [0.4, 0.5) is 5.69 Å². The number of non-ortho nitro benzene ring substituents is 1.